The zero-order valence-electron chi connectivity index (χ0n) is 16.0. The van der Waals surface area contributed by atoms with Crippen molar-refractivity contribution in [1.82, 2.24) is 4.90 Å². The molecular weight excluding hydrogens is 419 g/mol. The highest BCUT2D eigenvalue weighted by atomic mass is 35.5. The summed E-state index contributed by atoms with van der Waals surface area (Å²) in [5.41, 5.74) is -0.814. The number of nitrogens with zero attached hydrogens (tertiary/aromatic N) is 1. The topological polar surface area (TPSA) is 49.8 Å². The second kappa shape index (κ2) is 8.12. The van der Waals surface area contributed by atoms with Crippen molar-refractivity contribution in [3.05, 3.63) is 64.7 Å². The van der Waals surface area contributed by atoms with E-state index in [2.05, 4.69) is 0 Å². The molecule has 1 heterocycles. The van der Waals surface area contributed by atoms with Gasteiger partial charge in [-0.25, -0.2) is 0 Å². The first-order valence-corrected chi connectivity index (χ1v) is 10.2. The van der Waals surface area contributed by atoms with E-state index >= 15 is 0 Å². The monoisotopic (exact) mass is 439 g/mol. The van der Waals surface area contributed by atoms with Crippen LogP contribution < -0.4 is 4.74 Å². The molecule has 0 bridgehead atoms. The maximum absolute atomic E-state index is 13.0. The third kappa shape index (κ3) is 4.42. The van der Waals surface area contributed by atoms with Crippen LogP contribution in [0.5, 0.6) is 5.75 Å². The van der Waals surface area contributed by atoms with Gasteiger partial charge in [0.1, 0.15) is 11.9 Å². The Labute approximate surface area is 177 Å². The Hall–Kier alpha value is -2.25. The van der Waals surface area contributed by atoms with E-state index in [1.54, 1.807) is 29.2 Å². The number of fused-ring (bicyclic) bond motifs is 1. The molecule has 4 nitrogen and oxygen atoms in total. The van der Waals surface area contributed by atoms with Gasteiger partial charge < -0.3 is 14.7 Å². The molecule has 1 saturated carbocycles. The smallest absolute Gasteiger partial charge is 0.416 e. The first-order chi connectivity index (χ1) is 14.2. The Bertz CT molecular complexity index is 936. The molecule has 1 amide bonds. The number of likely N-dealkylation sites (tertiary alicyclic amines) is 1. The molecule has 0 aromatic heterocycles. The van der Waals surface area contributed by atoms with Crippen LogP contribution in [0.25, 0.3) is 0 Å². The van der Waals surface area contributed by atoms with Gasteiger partial charge in [-0.3, -0.25) is 4.79 Å². The van der Waals surface area contributed by atoms with Gasteiger partial charge in [-0.15, -0.1) is 0 Å². The van der Waals surface area contributed by atoms with E-state index in [0.717, 1.165) is 12.1 Å². The number of hydrogen-bond donors (Lipinski definition) is 1. The lowest BCUT2D eigenvalue weighted by Gasteiger charge is -2.35. The van der Waals surface area contributed by atoms with Crippen LogP contribution in [0.15, 0.2) is 48.5 Å². The third-order valence-corrected chi connectivity index (χ3v) is 6.13. The summed E-state index contributed by atoms with van der Waals surface area (Å²) in [4.78, 5) is 14.4. The highest BCUT2D eigenvalue weighted by Crippen LogP contribution is 2.39. The van der Waals surface area contributed by atoms with E-state index in [1.807, 2.05) is 0 Å². The van der Waals surface area contributed by atoms with E-state index in [9.17, 15) is 23.1 Å². The van der Waals surface area contributed by atoms with Crippen molar-refractivity contribution < 1.29 is 27.8 Å². The van der Waals surface area contributed by atoms with Crippen LogP contribution >= 0.6 is 11.6 Å². The summed E-state index contributed by atoms with van der Waals surface area (Å²) < 4.78 is 44.8. The number of alkyl halides is 3. The minimum Gasteiger partial charge on any atom is -0.488 e. The first-order valence-electron chi connectivity index (χ1n) is 9.77. The molecule has 160 valence electrons. The summed E-state index contributed by atoms with van der Waals surface area (Å²) in [6, 6.07) is 11.4. The molecule has 1 N–H and O–H groups in total. The van der Waals surface area contributed by atoms with Crippen LogP contribution in [0.3, 0.4) is 0 Å². The second-order valence-electron chi connectivity index (χ2n) is 7.96. The van der Waals surface area contributed by atoms with E-state index < -0.39 is 29.9 Å². The molecule has 8 heteroatoms. The summed E-state index contributed by atoms with van der Waals surface area (Å²) in [5.74, 6) is 0.360. The van der Waals surface area contributed by atoms with Crippen molar-refractivity contribution in [2.45, 2.75) is 31.2 Å². The molecule has 1 aliphatic carbocycles. The normalized spacial score (nSPS) is 26.4. The van der Waals surface area contributed by atoms with Crippen LogP contribution in [0.2, 0.25) is 5.02 Å². The molecule has 0 spiro atoms. The summed E-state index contributed by atoms with van der Waals surface area (Å²) >= 11 is 5.98. The summed E-state index contributed by atoms with van der Waals surface area (Å²) in [7, 11) is 0. The van der Waals surface area contributed by atoms with Crippen LogP contribution in [0, 0.1) is 11.8 Å². The molecule has 2 fully saturated rings. The van der Waals surface area contributed by atoms with E-state index in [-0.39, 0.29) is 17.4 Å². The minimum atomic E-state index is -4.50. The van der Waals surface area contributed by atoms with Gasteiger partial charge in [0.05, 0.1) is 11.7 Å². The maximum atomic E-state index is 13.0. The number of halogens is 4. The van der Waals surface area contributed by atoms with Crippen molar-refractivity contribution >= 4 is 17.5 Å². The average molecular weight is 440 g/mol. The molecule has 30 heavy (non-hydrogen) atoms. The third-order valence-electron chi connectivity index (χ3n) is 5.89. The Balaban J connectivity index is 1.44. The van der Waals surface area contributed by atoms with Gasteiger partial charge in [0.2, 0.25) is 0 Å². The maximum Gasteiger partial charge on any atom is 0.416 e. The molecule has 2 aromatic rings. The largest absolute Gasteiger partial charge is 0.488 e. The number of carbonyl (C=O) groups is 1. The van der Waals surface area contributed by atoms with Gasteiger partial charge in [-0.1, -0.05) is 23.7 Å². The van der Waals surface area contributed by atoms with Gasteiger partial charge in [0, 0.05) is 23.7 Å². The standard InChI is InChI=1S/C22H21ClF3NO3/c23-17-5-2-6-18(10-17)30-20-9-15-12-27(11-14(15)8-19(20)28)21(29)13-3-1-4-16(7-13)22(24,25)26/h1-7,10,14-15,19-20,28H,8-9,11-12H2/t14-,15+,19+,20+/m0/s1. The lowest BCUT2D eigenvalue weighted by molar-refractivity contribution is -0.137. The lowest BCUT2D eigenvalue weighted by atomic mass is 9.78. The van der Waals surface area contributed by atoms with Crippen molar-refractivity contribution in [2.24, 2.45) is 11.8 Å². The Morgan fingerprint density at radius 1 is 1.07 bits per heavy atom. The highest BCUT2D eigenvalue weighted by molar-refractivity contribution is 6.30. The molecule has 4 atom stereocenters. The van der Waals surface area contributed by atoms with E-state index in [4.69, 9.17) is 16.3 Å². The predicted molar refractivity (Wildman–Crippen MR) is 105 cm³/mol. The average Bonchev–Trinajstić information content (AvgIpc) is 3.10. The highest BCUT2D eigenvalue weighted by Gasteiger charge is 2.44. The fraction of sp³-hybridized carbons (Fsp3) is 0.409. The first kappa shape index (κ1) is 21.0. The predicted octanol–water partition coefficient (Wildman–Crippen LogP) is 4.65. The zero-order chi connectivity index (χ0) is 21.5. The van der Waals surface area contributed by atoms with Crippen LogP contribution in [0.1, 0.15) is 28.8 Å². The fourth-order valence-corrected chi connectivity index (χ4v) is 4.59. The Morgan fingerprint density at radius 2 is 1.77 bits per heavy atom. The van der Waals surface area contributed by atoms with Gasteiger partial charge >= 0.3 is 6.18 Å². The molecular formula is C22H21ClF3NO3. The number of aliphatic hydroxyl groups excluding tert-OH is 1. The van der Waals surface area contributed by atoms with Crippen molar-refractivity contribution in [3.8, 4) is 5.75 Å². The van der Waals surface area contributed by atoms with Crippen LogP contribution in [0.4, 0.5) is 13.2 Å². The molecule has 2 aliphatic rings. The van der Waals surface area contributed by atoms with Crippen molar-refractivity contribution in [1.29, 1.82) is 0 Å². The molecule has 1 aliphatic heterocycles. The van der Waals surface area contributed by atoms with Gasteiger partial charge in [0.25, 0.3) is 5.91 Å². The summed E-state index contributed by atoms with van der Waals surface area (Å²) in [6.45, 7) is 0.850. The molecule has 0 radical (unpaired) electrons. The summed E-state index contributed by atoms with van der Waals surface area (Å²) in [6.07, 6.45) is -4.57. The van der Waals surface area contributed by atoms with Gasteiger partial charge in [0.15, 0.2) is 0 Å². The number of hydrogen-bond acceptors (Lipinski definition) is 3. The van der Waals surface area contributed by atoms with Crippen LogP contribution in [-0.2, 0) is 6.18 Å². The van der Waals surface area contributed by atoms with E-state index in [0.29, 0.717) is 36.7 Å². The number of amides is 1. The molecule has 4 rings (SSSR count). The second-order valence-corrected chi connectivity index (χ2v) is 8.40. The fourth-order valence-electron chi connectivity index (χ4n) is 4.41. The minimum absolute atomic E-state index is 0.0238. The van der Waals surface area contributed by atoms with Crippen LogP contribution in [-0.4, -0.2) is 41.2 Å². The lowest BCUT2D eigenvalue weighted by Crippen LogP contribution is -2.42. The quantitative estimate of drug-likeness (QED) is 0.757. The SMILES string of the molecule is O=C(c1cccc(C(F)(F)F)c1)N1C[C@H]2C[C@@H](Oc3cccc(Cl)c3)[C@H](O)C[C@H]2C1. The zero-order valence-corrected chi connectivity index (χ0v) is 16.7. The van der Waals surface area contributed by atoms with Gasteiger partial charge in [-0.05, 0) is 61.1 Å². The number of rotatable bonds is 3. The van der Waals surface area contributed by atoms with Crippen molar-refractivity contribution in [3.63, 3.8) is 0 Å². The Morgan fingerprint density at radius 3 is 2.47 bits per heavy atom. The molecule has 1 saturated heterocycles. The number of aliphatic hydroxyl groups is 1. The molecule has 2 aromatic carbocycles. The van der Waals surface area contributed by atoms with Crippen molar-refractivity contribution in [2.75, 3.05) is 13.1 Å². The van der Waals surface area contributed by atoms with E-state index in [1.165, 1.54) is 12.1 Å². The Kier molecular flexibility index (Phi) is 5.68. The molecule has 0 unspecified atom stereocenters. The number of ether oxygens (including phenoxy) is 1. The summed E-state index contributed by atoms with van der Waals surface area (Å²) in [5, 5.41) is 11.1. The van der Waals surface area contributed by atoms with Gasteiger partial charge in [-0.2, -0.15) is 13.2 Å². The number of benzene rings is 2. The number of carbonyl (C=O) groups excluding carboxylic acids is 1.